The summed E-state index contributed by atoms with van der Waals surface area (Å²) in [5, 5.41) is 9.26. The van der Waals surface area contributed by atoms with Crippen LogP contribution in [0.1, 0.15) is 25.8 Å². The maximum absolute atomic E-state index is 12.2. The maximum Gasteiger partial charge on any atom is 0.242 e. The number of aliphatic hydroxyl groups excluding tert-OH is 1. The van der Waals surface area contributed by atoms with Crippen molar-refractivity contribution in [2.75, 3.05) is 6.61 Å². The molecule has 2 N–H and O–H groups in total. The molecule has 0 saturated heterocycles. The largest absolute Gasteiger partial charge is 0.396 e. The number of aliphatic hydroxyl groups is 1. The molecule has 0 amide bonds. The Hall–Kier alpha value is -0.690. The monoisotopic (exact) mass is 306 g/mol. The highest BCUT2D eigenvalue weighted by molar-refractivity contribution is 7.89. The number of rotatable bonds is 6. The van der Waals surface area contributed by atoms with Gasteiger partial charge in [-0.25, -0.2) is 18.1 Å². The van der Waals surface area contributed by atoms with Gasteiger partial charge in [0.15, 0.2) is 0 Å². The third-order valence-corrected chi connectivity index (χ3v) is 4.70. The molecule has 0 aliphatic carbocycles. The van der Waals surface area contributed by atoms with Crippen molar-refractivity contribution in [1.29, 1.82) is 0 Å². The number of nitrogens with zero attached hydrogens (tertiary/aromatic N) is 1. The molecule has 7 heteroatoms. The molecule has 19 heavy (non-hydrogen) atoms. The number of hydrogen-bond donors (Lipinski definition) is 2. The fourth-order valence-corrected chi connectivity index (χ4v) is 3.17. The highest BCUT2D eigenvalue weighted by atomic mass is 35.5. The van der Waals surface area contributed by atoms with Crippen molar-refractivity contribution >= 4 is 21.6 Å². The van der Waals surface area contributed by atoms with Gasteiger partial charge in [-0.3, -0.25) is 0 Å². The van der Waals surface area contributed by atoms with E-state index < -0.39 is 10.0 Å². The van der Waals surface area contributed by atoms with Gasteiger partial charge in [0, 0.05) is 18.8 Å². The van der Waals surface area contributed by atoms with Gasteiger partial charge in [-0.2, -0.15) is 0 Å². The van der Waals surface area contributed by atoms with Crippen LogP contribution in [0.2, 0.25) is 5.15 Å². The zero-order valence-corrected chi connectivity index (χ0v) is 12.8. The molecule has 0 fully saturated rings. The van der Waals surface area contributed by atoms with Crippen molar-refractivity contribution in [3.8, 4) is 0 Å². The molecule has 1 aromatic rings. The Morgan fingerprint density at radius 1 is 1.47 bits per heavy atom. The van der Waals surface area contributed by atoms with E-state index >= 15 is 0 Å². The zero-order chi connectivity index (χ0) is 14.6. The molecule has 5 nitrogen and oxygen atoms in total. The van der Waals surface area contributed by atoms with Gasteiger partial charge in [0.2, 0.25) is 10.0 Å². The number of aryl methyl sites for hydroxylation is 1. The lowest BCUT2D eigenvalue weighted by atomic mass is 10.0. The lowest BCUT2D eigenvalue weighted by Gasteiger charge is -2.21. The molecule has 0 aliphatic rings. The van der Waals surface area contributed by atoms with Gasteiger partial charge in [-0.1, -0.05) is 25.4 Å². The first-order valence-corrected chi connectivity index (χ1v) is 7.89. The summed E-state index contributed by atoms with van der Waals surface area (Å²) in [5.74, 6) is 0.0864. The summed E-state index contributed by atoms with van der Waals surface area (Å²) in [6.45, 7) is 5.42. The molecule has 0 aliphatic heterocycles. The maximum atomic E-state index is 12.2. The minimum Gasteiger partial charge on any atom is -0.396 e. The molecule has 0 saturated carbocycles. The fourth-order valence-electron chi connectivity index (χ4n) is 1.61. The van der Waals surface area contributed by atoms with Crippen LogP contribution in [0.4, 0.5) is 0 Å². The summed E-state index contributed by atoms with van der Waals surface area (Å²) in [6, 6.07) is 1.17. The van der Waals surface area contributed by atoms with E-state index in [-0.39, 0.29) is 28.6 Å². The van der Waals surface area contributed by atoms with Crippen LogP contribution in [-0.2, 0) is 10.0 Å². The molecule has 0 bridgehead atoms. The van der Waals surface area contributed by atoms with Crippen LogP contribution >= 0.6 is 11.6 Å². The fraction of sp³-hybridized carbons (Fsp3) is 0.583. The molecule has 1 atom stereocenters. The van der Waals surface area contributed by atoms with Gasteiger partial charge in [0.25, 0.3) is 0 Å². The number of pyridine rings is 1. The van der Waals surface area contributed by atoms with E-state index in [1.807, 2.05) is 13.8 Å². The Morgan fingerprint density at radius 2 is 2.11 bits per heavy atom. The summed E-state index contributed by atoms with van der Waals surface area (Å²) < 4.78 is 27.0. The summed E-state index contributed by atoms with van der Waals surface area (Å²) in [6.07, 6.45) is 1.60. The summed E-state index contributed by atoms with van der Waals surface area (Å²) in [4.78, 5) is 3.92. The molecule has 1 rings (SSSR count). The van der Waals surface area contributed by atoms with Gasteiger partial charge >= 0.3 is 0 Å². The Morgan fingerprint density at radius 3 is 2.58 bits per heavy atom. The van der Waals surface area contributed by atoms with Crippen molar-refractivity contribution in [3.05, 3.63) is 23.0 Å². The first-order chi connectivity index (χ1) is 8.77. The van der Waals surface area contributed by atoms with Crippen molar-refractivity contribution in [1.82, 2.24) is 9.71 Å². The van der Waals surface area contributed by atoms with Crippen LogP contribution in [0.3, 0.4) is 0 Å². The van der Waals surface area contributed by atoms with E-state index in [4.69, 9.17) is 16.7 Å². The zero-order valence-electron chi connectivity index (χ0n) is 11.2. The van der Waals surface area contributed by atoms with Crippen LogP contribution in [0.25, 0.3) is 0 Å². The molecule has 108 valence electrons. The highest BCUT2D eigenvalue weighted by Crippen LogP contribution is 2.18. The van der Waals surface area contributed by atoms with Gasteiger partial charge < -0.3 is 5.11 Å². The molecule has 1 aromatic heterocycles. The Labute approximate surface area is 119 Å². The standard InChI is InChI=1S/C12H19ClN2O3S/c1-8(2)11(4-5-16)15-19(17,18)10-6-9(3)12(13)14-7-10/h6-8,11,15-16H,4-5H2,1-3H3. The summed E-state index contributed by atoms with van der Waals surface area (Å²) in [5.41, 5.74) is 0.604. The SMILES string of the molecule is Cc1cc(S(=O)(=O)NC(CCO)C(C)C)cnc1Cl. The summed E-state index contributed by atoms with van der Waals surface area (Å²) >= 11 is 5.78. The highest BCUT2D eigenvalue weighted by Gasteiger charge is 2.22. The number of nitrogens with one attached hydrogen (secondary N) is 1. The van der Waals surface area contributed by atoms with Crippen molar-refractivity contribution in [2.24, 2.45) is 5.92 Å². The van der Waals surface area contributed by atoms with Gasteiger partial charge in [0.1, 0.15) is 10.0 Å². The van der Waals surface area contributed by atoms with Crippen LogP contribution in [-0.4, -0.2) is 31.2 Å². The van der Waals surface area contributed by atoms with Crippen LogP contribution in [0, 0.1) is 12.8 Å². The van der Waals surface area contributed by atoms with Crippen molar-refractivity contribution in [3.63, 3.8) is 0 Å². The topological polar surface area (TPSA) is 79.3 Å². The number of halogens is 1. The predicted molar refractivity (Wildman–Crippen MR) is 74.6 cm³/mol. The van der Waals surface area contributed by atoms with Crippen LogP contribution in [0.15, 0.2) is 17.2 Å². The number of aromatic nitrogens is 1. The second kappa shape index (κ2) is 6.65. The number of sulfonamides is 1. The average Bonchev–Trinajstić information content (AvgIpc) is 2.31. The normalized spacial score (nSPS) is 13.8. The Balaban J connectivity index is 2.99. The number of hydrogen-bond acceptors (Lipinski definition) is 4. The van der Waals surface area contributed by atoms with E-state index in [2.05, 4.69) is 9.71 Å². The van der Waals surface area contributed by atoms with E-state index in [9.17, 15) is 8.42 Å². The van der Waals surface area contributed by atoms with E-state index in [1.54, 1.807) is 6.92 Å². The quantitative estimate of drug-likeness (QED) is 0.785. The van der Waals surface area contributed by atoms with Crippen molar-refractivity contribution < 1.29 is 13.5 Å². The van der Waals surface area contributed by atoms with Gasteiger partial charge in [-0.15, -0.1) is 0 Å². The first kappa shape index (κ1) is 16.4. The van der Waals surface area contributed by atoms with Crippen LogP contribution < -0.4 is 4.72 Å². The third-order valence-electron chi connectivity index (χ3n) is 2.85. The minimum atomic E-state index is -3.65. The van der Waals surface area contributed by atoms with E-state index in [1.165, 1.54) is 12.3 Å². The minimum absolute atomic E-state index is 0.0662. The Bertz CT molecular complexity index is 532. The summed E-state index contributed by atoms with van der Waals surface area (Å²) in [7, 11) is -3.65. The molecular formula is C12H19ClN2O3S. The van der Waals surface area contributed by atoms with E-state index in [0.29, 0.717) is 12.0 Å². The van der Waals surface area contributed by atoms with Gasteiger partial charge in [-0.05, 0) is 30.9 Å². The average molecular weight is 307 g/mol. The lowest BCUT2D eigenvalue weighted by Crippen LogP contribution is -2.39. The molecule has 0 aromatic carbocycles. The second-order valence-corrected chi connectivity index (χ2v) is 6.83. The first-order valence-electron chi connectivity index (χ1n) is 6.03. The van der Waals surface area contributed by atoms with Crippen molar-refractivity contribution in [2.45, 2.75) is 38.1 Å². The predicted octanol–water partition coefficient (Wildman–Crippen LogP) is 1.73. The second-order valence-electron chi connectivity index (χ2n) is 4.76. The lowest BCUT2D eigenvalue weighted by molar-refractivity contribution is 0.256. The van der Waals surface area contributed by atoms with E-state index in [0.717, 1.165) is 0 Å². The van der Waals surface area contributed by atoms with Gasteiger partial charge in [0.05, 0.1) is 0 Å². The third kappa shape index (κ3) is 4.42. The molecule has 0 spiro atoms. The molecule has 1 heterocycles. The molecule has 0 radical (unpaired) electrons. The van der Waals surface area contributed by atoms with Crippen LogP contribution in [0.5, 0.6) is 0 Å². The molecular weight excluding hydrogens is 288 g/mol. The Kier molecular flexibility index (Phi) is 5.73. The molecule has 1 unspecified atom stereocenters. The smallest absolute Gasteiger partial charge is 0.242 e.